The van der Waals surface area contributed by atoms with Crippen LogP contribution in [0, 0.1) is 94.2 Å². The lowest BCUT2D eigenvalue weighted by Gasteiger charge is -2.42. The zero-order valence-electron chi connectivity index (χ0n) is 44.9. The Hall–Kier alpha value is -2.46. The molecule has 0 spiro atoms. The average Bonchev–Trinajstić information content (AvgIpc) is 3.76. The van der Waals surface area contributed by atoms with Gasteiger partial charge in [-0.05, 0) is 202 Å². The van der Waals surface area contributed by atoms with Gasteiger partial charge in [0.1, 0.15) is 5.76 Å². The van der Waals surface area contributed by atoms with Gasteiger partial charge in [0.2, 0.25) is 0 Å². The molecule has 9 heteroatoms. The number of hydrogen-bond acceptors (Lipinski definition) is 5. The van der Waals surface area contributed by atoms with Crippen LogP contribution in [0.1, 0.15) is 220 Å². The normalized spacial score (nSPS) is 32.4. The summed E-state index contributed by atoms with van der Waals surface area (Å²) in [6.45, 7) is 30.4. The molecule has 0 bridgehead atoms. The maximum atomic E-state index is 12.7. The first kappa shape index (κ1) is 60.8. The van der Waals surface area contributed by atoms with E-state index in [1.54, 1.807) is 13.8 Å². The SMILES string of the molecule is C.C#CC1=C(C)[C@@H](C)C[C@H](C)C1.CC1=C(C#CC2=CCC[C@@]3(C)C2CC[C@@H]3[C@H](C)CCCC(C)(C)O)C[C@@H](C)C[C@@H]1C.C[C@H](CCCC(C)(C)O)[C@H]1CCC2C(OS(=O)(=O)C(F)(F)F)=CCC[C@@]21C. The van der Waals surface area contributed by atoms with E-state index in [4.69, 9.17) is 6.42 Å². The van der Waals surface area contributed by atoms with Gasteiger partial charge in [-0.1, -0.05) is 123 Å². The van der Waals surface area contributed by atoms with Crippen molar-refractivity contribution in [2.24, 2.45) is 70.0 Å². The van der Waals surface area contributed by atoms with Crippen LogP contribution in [0.2, 0.25) is 0 Å². The van der Waals surface area contributed by atoms with E-state index in [2.05, 4.69) is 97.3 Å². The first-order valence-electron chi connectivity index (χ1n) is 26.6. The molecule has 0 radical (unpaired) electrons. The van der Waals surface area contributed by atoms with Gasteiger partial charge in [0, 0.05) is 22.6 Å². The van der Waals surface area contributed by atoms with Crippen LogP contribution in [0.3, 0.4) is 0 Å². The highest BCUT2D eigenvalue weighted by Gasteiger charge is 2.55. The van der Waals surface area contributed by atoms with Gasteiger partial charge in [-0.15, -0.1) is 6.42 Å². The van der Waals surface area contributed by atoms with E-state index in [9.17, 15) is 31.8 Å². The predicted molar refractivity (Wildman–Crippen MR) is 282 cm³/mol. The zero-order valence-corrected chi connectivity index (χ0v) is 45.7. The van der Waals surface area contributed by atoms with Crippen molar-refractivity contribution in [1.82, 2.24) is 0 Å². The fourth-order valence-corrected chi connectivity index (χ4v) is 14.3. The van der Waals surface area contributed by atoms with E-state index in [1.165, 1.54) is 85.3 Å². The number of aliphatic hydroxyl groups is 2. The van der Waals surface area contributed by atoms with Crippen LogP contribution < -0.4 is 0 Å². The van der Waals surface area contributed by atoms with Crippen molar-refractivity contribution in [3.8, 4) is 24.2 Å². The summed E-state index contributed by atoms with van der Waals surface area (Å²) in [5, 5.41) is 19.9. The van der Waals surface area contributed by atoms with Gasteiger partial charge in [-0.3, -0.25) is 0 Å². The monoisotopic (exact) mass is 987 g/mol. The fraction of sp³-hybridized carbons (Fsp3) is 0.800. The van der Waals surface area contributed by atoms with Crippen LogP contribution in [0.4, 0.5) is 13.2 Å². The van der Waals surface area contributed by atoms with Crippen molar-refractivity contribution in [2.45, 2.75) is 237 Å². The van der Waals surface area contributed by atoms with Crippen molar-refractivity contribution < 1.29 is 36.0 Å². The van der Waals surface area contributed by atoms with E-state index < -0.39 is 26.8 Å². The average molecular weight is 987 g/mol. The smallest absolute Gasteiger partial charge is 0.390 e. The number of halogens is 3. The van der Waals surface area contributed by atoms with E-state index in [-0.39, 0.29) is 24.5 Å². The minimum atomic E-state index is -5.63. The molecule has 12 atom stereocenters. The molecule has 0 saturated heterocycles. The highest BCUT2D eigenvalue weighted by atomic mass is 32.2. The summed E-state index contributed by atoms with van der Waals surface area (Å²) >= 11 is 0. The van der Waals surface area contributed by atoms with Crippen molar-refractivity contribution in [3.63, 3.8) is 0 Å². The van der Waals surface area contributed by atoms with Crippen LogP contribution in [0.5, 0.6) is 0 Å². The molecule has 0 heterocycles. The topological polar surface area (TPSA) is 83.8 Å². The predicted octanol–water partition coefficient (Wildman–Crippen LogP) is 16.5. The first-order chi connectivity index (χ1) is 31.3. The Kier molecular flexibility index (Phi) is 21.6. The maximum absolute atomic E-state index is 12.7. The number of hydrogen-bond donors (Lipinski definition) is 2. The zero-order chi connectivity index (χ0) is 51.2. The number of alkyl halides is 3. The molecule has 0 aromatic carbocycles. The maximum Gasteiger partial charge on any atom is 0.534 e. The minimum absolute atomic E-state index is 0. The van der Waals surface area contributed by atoms with Crippen LogP contribution in [0.25, 0.3) is 0 Å². The molecule has 2 fully saturated rings. The standard InChI is InChI=1S/C29H46O.C19H31F3O4S.C11H16.CH4/c1-20-18-22(3)23(4)25(19-20)13-12-24-11-9-17-29(7)26(14-15-27(24)29)21(2)10-8-16-28(5,6)30;1-13(7-5-11-17(2,3)23)14-9-10-15-16(8-6-12-18(14,15)4)26-27(24,25)19(20,21)22;1-5-11-7-8(2)6-9(3)10(11)4;/h11,20-22,26-27,30H,8-10,14-19H2,1-7H3;8,13-15,23H,5-7,9-12H2,1-4H3;1,8-9H,6-7H2,2-4H3;1H4/t20-,21+,22-,26+,27?,29+;13-,14-,15?,18-;8-,9-;/m010./s1. The van der Waals surface area contributed by atoms with Crippen LogP contribution >= 0.6 is 0 Å². The third kappa shape index (κ3) is 16.0. The Balaban J connectivity index is 0.000000298. The Bertz CT molecular complexity index is 2060. The Morgan fingerprint density at radius 1 is 0.739 bits per heavy atom. The molecule has 6 aliphatic rings. The summed E-state index contributed by atoms with van der Waals surface area (Å²) in [6, 6.07) is 0. The minimum Gasteiger partial charge on any atom is -0.390 e. The number of rotatable bonds is 12. The molecule has 0 aliphatic heterocycles. The third-order valence-corrected chi connectivity index (χ3v) is 18.9. The number of terminal acetylenes is 1. The molecule has 0 aromatic rings. The van der Waals surface area contributed by atoms with Gasteiger partial charge >= 0.3 is 15.6 Å². The Morgan fingerprint density at radius 3 is 1.64 bits per heavy atom. The molecule has 394 valence electrons. The highest BCUT2D eigenvalue weighted by Crippen LogP contribution is 2.60. The van der Waals surface area contributed by atoms with Crippen molar-refractivity contribution in [2.75, 3.05) is 0 Å². The van der Waals surface area contributed by atoms with Crippen LogP contribution in [-0.2, 0) is 14.3 Å². The second-order valence-electron chi connectivity index (χ2n) is 24.8. The number of fused-ring (bicyclic) bond motifs is 2. The van der Waals surface area contributed by atoms with Gasteiger partial charge in [-0.25, -0.2) is 0 Å². The second kappa shape index (κ2) is 24.5. The fourth-order valence-electron chi connectivity index (χ4n) is 13.8. The summed E-state index contributed by atoms with van der Waals surface area (Å²) in [5.74, 6) is 15.6. The van der Waals surface area contributed by atoms with Crippen molar-refractivity contribution in [3.05, 3.63) is 45.8 Å². The molecule has 2 saturated carbocycles. The van der Waals surface area contributed by atoms with E-state index in [1.807, 2.05) is 13.8 Å². The summed E-state index contributed by atoms with van der Waals surface area (Å²) in [5.41, 5.74) is 0.574. The lowest BCUT2D eigenvalue weighted by molar-refractivity contribution is -0.0536. The highest BCUT2D eigenvalue weighted by molar-refractivity contribution is 7.87. The molecule has 5 nitrogen and oxygen atoms in total. The van der Waals surface area contributed by atoms with Gasteiger partial charge < -0.3 is 14.4 Å². The molecule has 6 aliphatic carbocycles. The Labute approximate surface area is 421 Å². The second-order valence-corrected chi connectivity index (χ2v) is 26.3. The van der Waals surface area contributed by atoms with Crippen LogP contribution in [-0.4, -0.2) is 35.3 Å². The lowest BCUT2D eigenvalue weighted by Crippen LogP contribution is -2.37. The third-order valence-electron chi connectivity index (χ3n) is 18.0. The summed E-state index contributed by atoms with van der Waals surface area (Å²) < 4.78 is 65.6. The van der Waals surface area contributed by atoms with E-state index in [0.29, 0.717) is 54.3 Å². The Morgan fingerprint density at radius 2 is 1.17 bits per heavy atom. The lowest BCUT2D eigenvalue weighted by atomic mass is 9.62. The number of allylic oxidation sites excluding steroid dienone is 8. The molecular formula is C60H97F3O5S. The molecular weight excluding hydrogens is 890 g/mol. The van der Waals surface area contributed by atoms with Gasteiger partial charge in [0.25, 0.3) is 0 Å². The molecule has 0 amide bonds. The van der Waals surface area contributed by atoms with Crippen molar-refractivity contribution >= 4 is 10.1 Å². The molecule has 2 N–H and O–H groups in total. The van der Waals surface area contributed by atoms with Gasteiger partial charge in [0.05, 0.1) is 11.2 Å². The molecule has 69 heavy (non-hydrogen) atoms. The quantitative estimate of drug-likeness (QED) is 0.116. The van der Waals surface area contributed by atoms with Gasteiger partial charge in [0.15, 0.2) is 0 Å². The summed E-state index contributed by atoms with van der Waals surface area (Å²) in [4.78, 5) is 0. The van der Waals surface area contributed by atoms with Crippen LogP contribution in [0.15, 0.2) is 45.8 Å². The van der Waals surface area contributed by atoms with Crippen molar-refractivity contribution in [1.29, 1.82) is 0 Å². The largest absolute Gasteiger partial charge is 0.534 e. The summed E-state index contributed by atoms with van der Waals surface area (Å²) in [7, 11) is -5.63. The van der Waals surface area contributed by atoms with Gasteiger partial charge in [-0.2, -0.15) is 21.6 Å². The van der Waals surface area contributed by atoms with E-state index in [0.717, 1.165) is 68.6 Å². The molecule has 2 unspecified atom stereocenters. The summed E-state index contributed by atoms with van der Waals surface area (Å²) in [6.07, 6.45) is 28.0. The van der Waals surface area contributed by atoms with E-state index >= 15 is 0 Å². The first-order valence-corrected chi connectivity index (χ1v) is 28.0. The molecule has 6 rings (SSSR count). The molecule has 0 aromatic heterocycles.